The third kappa shape index (κ3) is 5.06. The molecule has 8 heteroatoms. The average Bonchev–Trinajstić information content (AvgIpc) is 2.81. The van der Waals surface area contributed by atoms with Gasteiger partial charge in [0.05, 0.1) is 10.9 Å². The van der Waals surface area contributed by atoms with Gasteiger partial charge in [-0.1, -0.05) is 30.5 Å². The summed E-state index contributed by atoms with van der Waals surface area (Å²) in [6, 6.07) is 14.8. The molecule has 0 unspecified atom stereocenters. The van der Waals surface area contributed by atoms with Gasteiger partial charge in [-0.3, -0.25) is 19.0 Å². The smallest absolute Gasteiger partial charge is 0.255 e. The van der Waals surface area contributed by atoms with Gasteiger partial charge < -0.3 is 10.6 Å². The van der Waals surface area contributed by atoms with Gasteiger partial charge in [-0.15, -0.1) is 0 Å². The van der Waals surface area contributed by atoms with Gasteiger partial charge in [-0.05, 0) is 55.3 Å². The molecule has 0 spiro atoms. The van der Waals surface area contributed by atoms with Crippen LogP contribution in [0.15, 0.2) is 71.8 Å². The van der Waals surface area contributed by atoms with Crippen molar-refractivity contribution in [2.24, 2.45) is 5.92 Å². The lowest BCUT2D eigenvalue weighted by atomic mass is 9.83. The highest BCUT2D eigenvalue weighted by Crippen LogP contribution is 2.26. The highest BCUT2D eigenvalue weighted by molar-refractivity contribution is 6.30. The minimum Gasteiger partial charge on any atom is -0.349 e. The Morgan fingerprint density at radius 3 is 2.50 bits per heavy atom. The molecule has 32 heavy (non-hydrogen) atoms. The second-order valence-electron chi connectivity index (χ2n) is 7.78. The third-order valence-corrected chi connectivity index (χ3v) is 5.85. The van der Waals surface area contributed by atoms with Crippen LogP contribution in [0.3, 0.4) is 0 Å². The zero-order valence-corrected chi connectivity index (χ0v) is 18.1. The van der Waals surface area contributed by atoms with Gasteiger partial charge in [0.1, 0.15) is 5.82 Å². The van der Waals surface area contributed by atoms with Crippen molar-refractivity contribution < 1.29 is 9.59 Å². The van der Waals surface area contributed by atoms with Crippen LogP contribution in [0, 0.1) is 5.92 Å². The largest absolute Gasteiger partial charge is 0.349 e. The normalized spacial score (nSPS) is 18.0. The summed E-state index contributed by atoms with van der Waals surface area (Å²) in [5.41, 5.74) is 1.01. The van der Waals surface area contributed by atoms with E-state index in [9.17, 15) is 14.4 Å². The van der Waals surface area contributed by atoms with Crippen molar-refractivity contribution in [2.75, 3.05) is 5.32 Å². The molecule has 1 aromatic carbocycles. The number of nitrogens with one attached hydrogen (secondary N) is 2. The zero-order chi connectivity index (χ0) is 22.5. The molecule has 0 saturated heterocycles. The van der Waals surface area contributed by atoms with Gasteiger partial charge in [0.2, 0.25) is 5.91 Å². The molecule has 2 amide bonds. The van der Waals surface area contributed by atoms with Crippen molar-refractivity contribution in [3.63, 3.8) is 0 Å². The quantitative estimate of drug-likeness (QED) is 0.618. The summed E-state index contributed by atoms with van der Waals surface area (Å²) in [7, 11) is 0. The molecule has 3 aromatic rings. The number of hydrogen-bond donors (Lipinski definition) is 2. The topological polar surface area (TPSA) is 93.1 Å². The molecule has 1 aliphatic rings. The molecular formula is C24H23ClN4O3. The molecule has 0 aliphatic heterocycles. The summed E-state index contributed by atoms with van der Waals surface area (Å²) in [4.78, 5) is 41.8. The Hall–Kier alpha value is -3.45. The summed E-state index contributed by atoms with van der Waals surface area (Å²) in [6.07, 6.45) is 6.46. The van der Waals surface area contributed by atoms with E-state index in [4.69, 9.17) is 11.6 Å². The molecule has 4 rings (SSSR count). The van der Waals surface area contributed by atoms with Gasteiger partial charge in [0, 0.05) is 35.8 Å². The molecule has 2 N–H and O–H groups in total. The van der Waals surface area contributed by atoms with Crippen molar-refractivity contribution in [3.8, 4) is 5.69 Å². The zero-order valence-electron chi connectivity index (χ0n) is 17.3. The Morgan fingerprint density at radius 2 is 1.78 bits per heavy atom. The van der Waals surface area contributed by atoms with E-state index in [0.29, 0.717) is 28.5 Å². The van der Waals surface area contributed by atoms with E-state index in [-0.39, 0.29) is 29.3 Å². The second-order valence-corrected chi connectivity index (χ2v) is 8.21. The maximum absolute atomic E-state index is 12.9. The van der Waals surface area contributed by atoms with Crippen molar-refractivity contribution in [1.29, 1.82) is 0 Å². The summed E-state index contributed by atoms with van der Waals surface area (Å²) >= 11 is 5.85. The Morgan fingerprint density at radius 1 is 1.00 bits per heavy atom. The Labute approximate surface area is 190 Å². The summed E-state index contributed by atoms with van der Waals surface area (Å²) < 4.78 is 1.51. The predicted octanol–water partition coefficient (Wildman–Crippen LogP) is 3.81. The fourth-order valence-electron chi connectivity index (χ4n) is 3.95. The monoisotopic (exact) mass is 450 g/mol. The van der Waals surface area contributed by atoms with Gasteiger partial charge in [0.25, 0.3) is 11.5 Å². The number of aromatic nitrogens is 2. The number of carbonyl (C=O) groups excluding carboxylic acids is 2. The second kappa shape index (κ2) is 9.78. The molecule has 1 aliphatic carbocycles. The molecule has 164 valence electrons. The lowest BCUT2D eigenvalue weighted by Crippen LogP contribution is -2.46. The number of amides is 2. The highest BCUT2D eigenvalue weighted by Gasteiger charge is 2.32. The van der Waals surface area contributed by atoms with Crippen molar-refractivity contribution >= 4 is 29.2 Å². The van der Waals surface area contributed by atoms with Crippen molar-refractivity contribution in [1.82, 2.24) is 14.9 Å². The van der Waals surface area contributed by atoms with E-state index in [0.717, 1.165) is 19.3 Å². The Bertz CT molecular complexity index is 1160. The molecule has 1 saturated carbocycles. The average molecular weight is 451 g/mol. The first kappa shape index (κ1) is 21.8. The molecule has 2 heterocycles. The molecule has 2 atom stereocenters. The van der Waals surface area contributed by atoms with E-state index in [1.54, 1.807) is 54.7 Å². The standard InChI is InChI=1S/C24H23ClN4O3/c25-17-10-13-21(26-15-17)28-24(32)19-5-1-2-6-20(19)27-23(31)16-8-11-18(12-9-16)29-14-4-3-7-22(29)30/h3-4,7-15,19-20H,1-2,5-6H2,(H,27,31)(H,26,28,32)/t19-,20-/m0/s1. The lowest BCUT2D eigenvalue weighted by Gasteiger charge is -2.31. The van der Waals surface area contributed by atoms with Crippen molar-refractivity contribution in [3.05, 3.63) is 87.9 Å². The van der Waals surface area contributed by atoms with Crippen LogP contribution in [0.5, 0.6) is 0 Å². The van der Waals surface area contributed by atoms with E-state index < -0.39 is 0 Å². The number of pyridine rings is 2. The number of benzene rings is 1. The Balaban J connectivity index is 1.43. The Kier molecular flexibility index (Phi) is 6.66. The number of hydrogen-bond acceptors (Lipinski definition) is 4. The van der Waals surface area contributed by atoms with E-state index in [2.05, 4.69) is 15.6 Å². The summed E-state index contributed by atoms with van der Waals surface area (Å²) in [5, 5.41) is 6.34. The summed E-state index contributed by atoms with van der Waals surface area (Å²) in [5.74, 6) is -0.316. The molecule has 0 bridgehead atoms. The summed E-state index contributed by atoms with van der Waals surface area (Å²) in [6.45, 7) is 0. The van der Waals surface area contributed by atoms with Gasteiger partial charge >= 0.3 is 0 Å². The van der Waals surface area contributed by atoms with Crippen LogP contribution in [0.4, 0.5) is 5.82 Å². The van der Waals surface area contributed by atoms with E-state index in [1.165, 1.54) is 16.8 Å². The van der Waals surface area contributed by atoms with Crippen LogP contribution < -0.4 is 16.2 Å². The molecular weight excluding hydrogens is 428 g/mol. The molecule has 0 radical (unpaired) electrons. The highest BCUT2D eigenvalue weighted by atomic mass is 35.5. The van der Waals surface area contributed by atoms with Crippen molar-refractivity contribution in [2.45, 2.75) is 31.7 Å². The van der Waals surface area contributed by atoms with Crippen LogP contribution >= 0.6 is 11.6 Å². The number of halogens is 1. The first-order valence-corrected chi connectivity index (χ1v) is 10.9. The van der Waals surface area contributed by atoms with Gasteiger partial charge in [0.15, 0.2) is 0 Å². The molecule has 7 nitrogen and oxygen atoms in total. The van der Waals surface area contributed by atoms with Crippen LogP contribution in [0.1, 0.15) is 36.0 Å². The SMILES string of the molecule is O=C(N[C@H]1CCCC[C@@H]1C(=O)Nc1ccc(Cl)cn1)c1ccc(-n2ccccc2=O)cc1. The fraction of sp³-hybridized carbons (Fsp3) is 0.250. The molecule has 2 aromatic heterocycles. The van der Waals surface area contributed by atoms with Crippen LogP contribution in [-0.4, -0.2) is 27.4 Å². The number of carbonyl (C=O) groups is 2. The number of rotatable bonds is 5. The van der Waals surface area contributed by atoms with Crippen LogP contribution in [0.2, 0.25) is 5.02 Å². The number of nitrogens with zero attached hydrogens (tertiary/aromatic N) is 2. The maximum Gasteiger partial charge on any atom is 0.255 e. The minimum absolute atomic E-state index is 0.143. The molecule has 1 fully saturated rings. The fourth-order valence-corrected chi connectivity index (χ4v) is 4.06. The lowest BCUT2D eigenvalue weighted by molar-refractivity contribution is -0.121. The number of anilines is 1. The first-order valence-electron chi connectivity index (χ1n) is 10.5. The van der Waals surface area contributed by atoms with Crippen LogP contribution in [0.25, 0.3) is 5.69 Å². The van der Waals surface area contributed by atoms with Crippen LogP contribution in [-0.2, 0) is 4.79 Å². The van der Waals surface area contributed by atoms with Gasteiger partial charge in [-0.2, -0.15) is 0 Å². The third-order valence-electron chi connectivity index (χ3n) is 5.63. The van der Waals surface area contributed by atoms with E-state index in [1.807, 2.05) is 0 Å². The first-order chi connectivity index (χ1) is 15.5. The maximum atomic E-state index is 12.9. The van der Waals surface area contributed by atoms with E-state index >= 15 is 0 Å². The minimum atomic E-state index is -0.340. The predicted molar refractivity (Wildman–Crippen MR) is 123 cm³/mol. The van der Waals surface area contributed by atoms with Gasteiger partial charge in [-0.25, -0.2) is 4.98 Å².